The van der Waals surface area contributed by atoms with Gasteiger partial charge in [-0.3, -0.25) is 20.0 Å². The molecule has 0 amide bonds. The monoisotopic (exact) mass is 356 g/mol. The summed E-state index contributed by atoms with van der Waals surface area (Å²) in [5.41, 5.74) is 0.307. The lowest BCUT2D eigenvalue weighted by Gasteiger charge is -2.41. The van der Waals surface area contributed by atoms with E-state index in [1.54, 1.807) is 6.08 Å². The molecule has 7 heteroatoms. The van der Waals surface area contributed by atoms with Gasteiger partial charge in [-0.15, -0.1) is 11.3 Å². The second-order valence-corrected chi connectivity index (χ2v) is 8.32. The van der Waals surface area contributed by atoms with Gasteiger partial charge >= 0.3 is 0 Å². The molecule has 0 spiro atoms. The first kappa shape index (κ1) is 17.5. The molecule has 130 valence electrons. The highest BCUT2D eigenvalue weighted by Gasteiger charge is 2.47. The lowest BCUT2D eigenvalue weighted by Crippen LogP contribution is -2.57. The quantitative estimate of drug-likeness (QED) is 0.624. The molecule has 1 saturated carbocycles. The average Bonchev–Trinajstić information content (AvgIpc) is 3.03. The Hall–Kier alpha value is -2.30. The Kier molecular flexibility index (Phi) is 4.35. The molecule has 25 heavy (non-hydrogen) atoms. The van der Waals surface area contributed by atoms with Gasteiger partial charge in [0.1, 0.15) is 29.2 Å². The van der Waals surface area contributed by atoms with Crippen LogP contribution in [0.2, 0.25) is 0 Å². The number of rotatable bonds is 2. The largest absolute Gasteiger partial charge is 0.299 e. The zero-order chi connectivity index (χ0) is 18.4. The van der Waals surface area contributed by atoms with Crippen LogP contribution in [0.3, 0.4) is 0 Å². The maximum atomic E-state index is 12.7. The SMILES string of the molecule is CC1(C)CC(=O)C(C2C=C(c3cccs3)C(C#N)C(=N)N2N)C(=O)C1. The number of Topliss-reactive ketones (excluding diaryl/α,β-unsaturated/α-hetero) is 2. The number of thiophene rings is 1. The van der Waals surface area contributed by atoms with Crippen molar-refractivity contribution in [2.24, 2.45) is 23.1 Å². The van der Waals surface area contributed by atoms with Crippen molar-refractivity contribution in [1.29, 1.82) is 10.7 Å². The normalized spacial score (nSPS) is 27.2. The van der Waals surface area contributed by atoms with Crippen LogP contribution in [0.1, 0.15) is 31.6 Å². The van der Waals surface area contributed by atoms with Crippen molar-refractivity contribution in [2.75, 3.05) is 0 Å². The molecule has 1 fully saturated rings. The number of hydrazine groups is 1. The summed E-state index contributed by atoms with van der Waals surface area (Å²) in [6.45, 7) is 3.81. The minimum Gasteiger partial charge on any atom is -0.299 e. The van der Waals surface area contributed by atoms with E-state index in [1.807, 2.05) is 31.4 Å². The predicted octanol–water partition coefficient (Wildman–Crippen LogP) is 2.38. The maximum absolute atomic E-state index is 12.7. The summed E-state index contributed by atoms with van der Waals surface area (Å²) in [4.78, 5) is 26.2. The number of ketones is 2. The van der Waals surface area contributed by atoms with Crippen LogP contribution in [0.5, 0.6) is 0 Å². The highest BCUT2D eigenvalue weighted by molar-refractivity contribution is 7.11. The summed E-state index contributed by atoms with van der Waals surface area (Å²) in [6.07, 6.45) is 2.35. The van der Waals surface area contributed by atoms with Gasteiger partial charge in [-0.2, -0.15) is 5.26 Å². The van der Waals surface area contributed by atoms with Crippen LogP contribution in [0.15, 0.2) is 23.6 Å². The smallest absolute Gasteiger partial charge is 0.146 e. The zero-order valence-corrected chi connectivity index (χ0v) is 15.0. The number of carbonyl (C=O) groups excluding carboxylic acids is 2. The van der Waals surface area contributed by atoms with Gasteiger partial charge in [-0.05, 0) is 22.4 Å². The molecule has 0 aromatic carbocycles. The van der Waals surface area contributed by atoms with Gasteiger partial charge in [0.2, 0.25) is 0 Å². The van der Waals surface area contributed by atoms with Crippen molar-refractivity contribution >= 4 is 34.3 Å². The van der Waals surface area contributed by atoms with Gasteiger partial charge in [0.15, 0.2) is 0 Å². The van der Waals surface area contributed by atoms with Crippen LogP contribution < -0.4 is 5.84 Å². The Balaban J connectivity index is 2.05. The van der Waals surface area contributed by atoms with E-state index in [2.05, 4.69) is 6.07 Å². The number of nitriles is 1. The number of nitrogens with one attached hydrogen (secondary N) is 1. The van der Waals surface area contributed by atoms with Crippen molar-refractivity contribution in [3.8, 4) is 6.07 Å². The summed E-state index contributed by atoms with van der Waals surface area (Å²) in [7, 11) is 0. The molecular weight excluding hydrogens is 336 g/mol. The van der Waals surface area contributed by atoms with E-state index in [0.29, 0.717) is 18.4 Å². The third-order valence-corrected chi connectivity index (χ3v) is 5.73. The predicted molar refractivity (Wildman–Crippen MR) is 95.5 cm³/mol. The molecule has 3 N–H and O–H groups in total. The van der Waals surface area contributed by atoms with Crippen molar-refractivity contribution in [2.45, 2.75) is 32.7 Å². The van der Waals surface area contributed by atoms with Crippen LogP contribution in [-0.4, -0.2) is 28.5 Å². The zero-order valence-electron chi connectivity index (χ0n) is 14.2. The first-order chi connectivity index (χ1) is 11.7. The third-order valence-electron chi connectivity index (χ3n) is 4.81. The summed E-state index contributed by atoms with van der Waals surface area (Å²) in [6, 6.07) is 5.12. The molecule has 0 saturated heterocycles. The second-order valence-electron chi connectivity index (χ2n) is 7.37. The van der Waals surface area contributed by atoms with Gasteiger partial charge in [-0.1, -0.05) is 26.0 Å². The topological polar surface area (TPSA) is 111 Å². The Morgan fingerprint density at radius 3 is 2.52 bits per heavy atom. The Labute approximate surface area is 150 Å². The molecule has 0 radical (unpaired) electrons. The summed E-state index contributed by atoms with van der Waals surface area (Å²) >= 11 is 1.46. The number of amidine groups is 1. The third kappa shape index (κ3) is 3.03. The van der Waals surface area contributed by atoms with Crippen molar-refractivity contribution in [3.05, 3.63) is 28.5 Å². The minimum atomic E-state index is -0.881. The van der Waals surface area contributed by atoms with Crippen molar-refractivity contribution in [1.82, 2.24) is 5.01 Å². The van der Waals surface area contributed by atoms with Gasteiger partial charge in [0, 0.05) is 17.7 Å². The molecule has 0 bridgehead atoms. The Bertz CT molecular complexity index is 784. The second kappa shape index (κ2) is 6.21. The molecule has 2 heterocycles. The molecule has 1 aromatic heterocycles. The summed E-state index contributed by atoms with van der Waals surface area (Å²) < 4.78 is 0. The molecule has 3 rings (SSSR count). The first-order valence-corrected chi connectivity index (χ1v) is 8.96. The van der Waals surface area contributed by atoms with E-state index in [0.717, 1.165) is 9.89 Å². The molecule has 2 atom stereocenters. The fraction of sp³-hybridized carbons (Fsp3) is 0.444. The Morgan fingerprint density at radius 1 is 1.36 bits per heavy atom. The van der Waals surface area contributed by atoms with Gasteiger partial charge in [0.25, 0.3) is 0 Å². The fourth-order valence-electron chi connectivity index (χ4n) is 3.66. The first-order valence-electron chi connectivity index (χ1n) is 8.08. The molecule has 1 aliphatic heterocycles. The number of hydrogen-bond acceptors (Lipinski definition) is 6. The van der Waals surface area contributed by atoms with Gasteiger partial charge in [-0.25, -0.2) is 5.84 Å². The Morgan fingerprint density at radius 2 is 2.00 bits per heavy atom. The van der Waals surface area contributed by atoms with Crippen LogP contribution >= 0.6 is 11.3 Å². The number of hydrogen-bond donors (Lipinski definition) is 2. The molecular formula is C18H20N4O2S. The van der Waals surface area contributed by atoms with Gasteiger partial charge in [0.05, 0.1) is 12.1 Å². The molecule has 1 aromatic rings. The van der Waals surface area contributed by atoms with Crippen LogP contribution in [-0.2, 0) is 9.59 Å². The molecule has 2 unspecified atom stereocenters. The van der Waals surface area contributed by atoms with Crippen molar-refractivity contribution < 1.29 is 9.59 Å². The van der Waals surface area contributed by atoms with E-state index in [4.69, 9.17) is 11.3 Å². The lowest BCUT2D eigenvalue weighted by molar-refractivity contribution is -0.141. The standard InChI is InChI=1S/C18H20N4O2S/c1-18(2)7-13(23)16(14(24)8-18)12-6-10(15-4-3-5-25-15)11(9-19)17(20)22(12)21/h3-6,11-12,16,20H,7-8,21H2,1-2H3. The lowest BCUT2D eigenvalue weighted by atomic mass is 9.68. The number of nitrogens with zero attached hydrogens (tertiary/aromatic N) is 2. The average molecular weight is 356 g/mol. The minimum absolute atomic E-state index is 0.0798. The number of nitrogens with two attached hydrogens (primary N) is 1. The van der Waals surface area contributed by atoms with Crippen molar-refractivity contribution in [3.63, 3.8) is 0 Å². The molecule has 6 nitrogen and oxygen atoms in total. The van der Waals surface area contributed by atoms with Crippen LogP contribution in [0, 0.1) is 34.0 Å². The summed E-state index contributed by atoms with van der Waals surface area (Å²) in [5.74, 6) is 3.98. The molecule has 2 aliphatic rings. The van der Waals surface area contributed by atoms with Crippen LogP contribution in [0.25, 0.3) is 5.57 Å². The summed E-state index contributed by atoms with van der Waals surface area (Å²) in [5, 5.41) is 20.7. The van der Waals surface area contributed by atoms with Gasteiger partial charge < -0.3 is 0 Å². The number of carbonyl (C=O) groups is 2. The molecule has 1 aliphatic carbocycles. The van der Waals surface area contributed by atoms with E-state index in [-0.39, 0.29) is 22.8 Å². The highest BCUT2D eigenvalue weighted by atomic mass is 32.1. The van der Waals surface area contributed by atoms with E-state index < -0.39 is 17.9 Å². The van der Waals surface area contributed by atoms with E-state index in [1.165, 1.54) is 11.3 Å². The van der Waals surface area contributed by atoms with Crippen LogP contribution in [0.4, 0.5) is 0 Å². The van der Waals surface area contributed by atoms with E-state index >= 15 is 0 Å². The fourth-order valence-corrected chi connectivity index (χ4v) is 4.44. The van der Waals surface area contributed by atoms with E-state index in [9.17, 15) is 14.9 Å². The maximum Gasteiger partial charge on any atom is 0.146 e. The highest BCUT2D eigenvalue weighted by Crippen LogP contribution is 2.40.